The molecule has 1 aromatic rings. The van der Waals surface area contributed by atoms with Gasteiger partial charge in [-0.25, -0.2) is 4.39 Å². The van der Waals surface area contributed by atoms with Crippen LogP contribution in [0.4, 0.5) is 4.39 Å². The number of halogens is 2. The van der Waals surface area contributed by atoms with Crippen LogP contribution in [0.15, 0.2) is 18.2 Å². The van der Waals surface area contributed by atoms with Crippen LogP contribution in [0.25, 0.3) is 0 Å². The highest BCUT2D eigenvalue weighted by molar-refractivity contribution is 6.30. The van der Waals surface area contributed by atoms with Crippen LogP contribution in [0.5, 0.6) is 0 Å². The van der Waals surface area contributed by atoms with Crippen molar-refractivity contribution in [2.24, 2.45) is 0 Å². The lowest BCUT2D eigenvalue weighted by Crippen LogP contribution is -2.49. The standard InChI is InChI=1S/C11H14ClFN2/c12-10-6-8(1-2-11(10)13)5-9-7-14-3-4-15-9/h1-2,6,9,14-15H,3-5,7H2. The summed E-state index contributed by atoms with van der Waals surface area (Å²) < 4.78 is 12.9. The predicted octanol–water partition coefficient (Wildman–Crippen LogP) is 1.58. The Balaban J connectivity index is 2.00. The van der Waals surface area contributed by atoms with Crippen LogP contribution >= 0.6 is 11.6 Å². The van der Waals surface area contributed by atoms with Gasteiger partial charge < -0.3 is 10.6 Å². The summed E-state index contributed by atoms with van der Waals surface area (Å²) in [6.45, 7) is 2.95. The lowest BCUT2D eigenvalue weighted by Gasteiger charge is -2.24. The Morgan fingerprint density at radius 3 is 2.93 bits per heavy atom. The van der Waals surface area contributed by atoms with Crippen molar-refractivity contribution < 1.29 is 4.39 Å². The topological polar surface area (TPSA) is 24.1 Å². The molecule has 0 bridgehead atoms. The van der Waals surface area contributed by atoms with Crippen molar-refractivity contribution in [1.29, 1.82) is 0 Å². The zero-order valence-electron chi connectivity index (χ0n) is 8.39. The molecule has 1 aliphatic rings. The van der Waals surface area contributed by atoms with Crippen molar-refractivity contribution in [3.8, 4) is 0 Å². The molecule has 1 fully saturated rings. The molecule has 2 N–H and O–H groups in total. The lowest BCUT2D eigenvalue weighted by molar-refractivity contribution is 0.416. The van der Waals surface area contributed by atoms with Crippen molar-refractivity contribution in [3.05, 3.63) is 34.6 Å². The molecule has 82 valence electrons. The number of hydrogen-bond donors (Lipinski definition) is 2. The number of piperazine rings is 1. The number of rotatable bonds is 2. The smallest absolute Gasteiger partial charge is 0.141 e. The van der Waals surface area contributed by atoms with Crippen molar-refractivity contribution in [2.45, 2.75) is 12.5 Å². The Labute approximate surface area is 93.8 Å². The summed E-state index contributed by atoms with van der Waals surface area (Å²) in [5, 5.41) is 6.92. The van der Waals surface area contributed by atoms with E-state index in [-0.39, 0.29) is 10.8 Å². The van der Waals surface area contributed by atoms with Crippen LogP contribution in [0.1, 0.15) is 5.56 Å². The van der Waals surface area contributed by atoms with E-state index in [0.717, 1.165) is 31.6 Å². The molecule has 1 aromatic carbocycles. The Kier molecular flexibility index (Phi) is 3.57. The fourth-order valence-electron chi connectivity index (χ4n) is 1.81. The van der Waals surface area contributed by atoms with Gasteiger partial charge in [-0.2, -0.15) is 0 Å². The molecule has 4 heteroatoms. The highest BCUT2D eigenvalue weighted by atomic mass is 35.5. The van der Waals surface area contributed by atoms with Gasteiger partial charge >= 0.3 is 0 Å². The van der Waals surface area contributed by atoms with E-state index >= 15 is 0 Å². The van der Waals surface area contributed by atoms with E-state index < -0.39 is 0 Å². The van der Waals surface area contributed by atoms with Crippen LogP contribution in [-0.2, 0) is 6.42 Å². The molecule has 0 spiro atoms. The largest absolute Gasteiger partial charge is 0.314 e. The molecule has 0 amide bonds. The zero-order chi connectivity index (χ0) is 10.7. The van der Waals surface area contributed by atoms with E-state index in [0.29, 0.717) is 6.04 Å². The SMILES string of the molecule is Fc1ccc(CC2CNCCN2)cc1Cl. The second-order valence-electron chi connectivity index (χ2n) is 3.81. The van der Waals surface area contributed by atoms with Crippen LogP contribution < -0.4 is 10.6 Å². The number of benzene rings is 1. The van der Waals surface area contributed by atoms with Gasteiger partial charge in [0.05, 0.1) is 5.02 Å². The molecule has 1 aliphatic heterocycles. The molecule has 0 aromatic heterocycles. The molecular formula is C11H14ClFN2. The maximum absolute atomic E-state index is 12.9. The van der Waals surface area contributed by atoms with Gasteiger partial charge in [-0.05, 0) is 24.1 Å². The van der Waals surface area contributed by atoms with Crippen LogP contribution in [0, 0.1) is 5.82 Å². The Morgan fingerprint density at radius 1 is 1.40 bits per heavy atom. The molecule has 0 saturated carbocycles. The summed E-state index contributed by atoms with van der Waals surface area (Å²) in [5.41, 5.74) is 1.07. The third kappa shape index (κ3) is 2.91. The molecule has 1 heterocycles. The van der Waals surface area contributed by atoms with Gasteiger partial charge in [0.25, 0.3) is 0 Å². The predicted molar refractivity (Wildman–Crippen MR) is 59.8 cm³/mol. The van der Waals surface area contributed by atoms with Crippen LogP contribution in [0.3, 0.4) is 0 Å². The van der Waals surface area contributed by atoms with Crippen LogP contribution in [0.2, 0.25) is 5.02 Å². The second kappa shape index (κ2) is 4.92. The molecule has 15 heavy (non-hydrogen) atoms. The average molecular weight is 229 g/mol. The maximum atomic E-state index is 12.9. The summed E-state index contributed by atoms with van der Waals surface area (Å²) in [6, 6.07) is 5.33. The van der Waals surface area contributed by atoms with Crippen molar-refractivity contribution >= 4 is 11.6 Å². The fraction of sp³-hybridized carbons (Fsp3) is 0.455. The number of hydrogen-bond acceptors (Lipinski definition) is 2. The minimum atomic E-state index is -0.352. The van der Waals surface area contributed by atoms with E-state index in [1.807, 2.05) is 0 Å². The van der Waals surface area contributed by atoms with E-state index in [2.05, 4.69) is 10.6 Å². The highest BCUT2D eigenvalue weighted by Crippen LogP contribution is 2.17. The minimum absolute atomic E-state index is 0.205. The van der Waals surface area contributed by atoms with Gasteiger partial charge in [-0.1, -0.05) is 17.7 Å². The van der Waals surface area contributed by atoms with E-state index in [1.54, 1.807) is 12.1 Å². The third-order valence-electron chi connectivity index (χ3n) is 2.59. The van der Waals surface area contributed by atoms with Gasteiger partial charge in [0.15, 0.2) is 0 Å². The molecule has 1 atom stereocenters. The van der Waals surface area contributed by atoms with Crippen molar-refractivity contribution in [3.63, 3.8) is 0 Å². The highest BCUT2D eigenvalue weighted by Gasteiger charge is 2.12. The summed E-state index contributed by atoms with van der Waals surface area (Å²) in [5.74, 6) is -0.352. The Hall–Kier alpha value is -0.640. The molecule has 2 rings (SSSR count). The molecule has 1 unspecified atom stereocenters. The van der Waals surface area contributed by atoms with E-state index in [9.17, 15) is 4.39 Å². The molecule has 2 nitrogen and oxygen atoms in total. The minimum Gasteiger partial charge on any atom is -0.314 e. The fourth-order valence-corrected chi connectivity index (χ4v) is 2.01. The van der Waals surface area contributed by atoms with Crippen molar-refractivity contribution in [1.82, 2.24) is 10.6 Å². The third-order valence-corrected chi connectivity index (χ3v) is 2.88. The Morgan fingerprint density at radius 2 is 2.27 bits per heavy atom. The monoisotopic (exact) mass is 228 g/mol. The second-order valence-corrected chi connectivity index (χ2v) is 4.21. The molecular weight excluding hydrogens is 215 g/mol. The summed E-state index contributed by atoms with van der Waals surface area (Å²) in [7, 11) is 0. The number of nitrogens with one attached hydrogen (secondary N) is 2. The van der Waals surface area contributed by atoms with Gasteiger partial charge in [0, 0.05) is 25.7 Å². The lowest BCUT2D eigenvalue weighted by atomic mass is 10.0. The van der Waals surface area contributed by atoms with Crippen molar-refractivity contribution in [2.75, 3.05) is 19.6 Å². The average Bonchev–Trinajstić information content (AvgIpc) is 2.25. The quantitative estimate of drug-likeness (QED) is 0.803. The van der Waals surface area contributed by atoms with Gasteiger partial charge in [0.2, 0.25) is 0 Å². The molecule has 1 saturated heterocycles. The zero-order valence-corrected chi connectivity index (χ0v) is 9.15. The van der Waals surface area contributed by atoms with Gasteiger partial charge in [-0.3, -0.25) is 0 Å². The first-order chi connectivity index (χ1) is 7.25. The summed E-state index contributed by atoms with van der Waals surface area (Å²) in [4.78, 5) is 0. The van der Waals surface area contributed by atoms with E-state index in [1.165, 1.54) is 6.07 Å². The molecule has 0 aliphatic carbocycles. The van der Waals surface area contributed by atoms with Gasteiger partial charge in [-0.15, -0.1) is 0 Å². The first-order valence-corrected chi connectivity index (χ1v) is 5.51. The van der Waals surface area contributed by atoms with Crippen LogP contribution in [-0.4, -0.2) is 25.7 Å². The summed E-state index contributed by atoms with van der Waals surface area (Å²) >= 11 is 5.72. The summed E-state index contributed by atoms with van der Waals surface area (Å²) in [6.07, 6.45) is 0.882. The first kappa shape index (κ1) is 10.9. The van der Waals surface area contributed by atoms with Gasteiger partial charge in [0.1, 0.15) is 5.82 Å². The van der Waals surface area contributed by atoms with E-state index in [4.69, 9.17) is 11.6 Å². The normalized spacial score (nSPS) is 21.6. The maximum Gasteiger partial charge on any atom is 0.141 e. The molecule has 0 radical (unpaired) electrons. The Bertz CT molecular complexity index is 337. The first-order valence-electron chi connectivity index (χ1n) is 5.14.